The van der Waals surface area contributed by atoms with Crippen LogP contribution in [-0.2, 0) is 20.9 Å². The van der Waals surface area contributed by atoms with Gasteiger partial charge in [-0.2, -0.15) is 0 Å². The molecule has 1 fully saturated rings. The van der Waals surface area contributed by atoms with Crippen LogP contribution >= 0.6 is 0 Å². The number of ether oxygens (including phenoxy) is 2. The molecule has 4 aromatic rings. The van der Waals surface area contributed by atoms with Crippen LogP contribution in [0.1, 0.15) is 24.4 Å². The fraction of sp³-hybridized carbons (Fsp3) is 0.286. The molecule has 2 amide bonds. The van der Waals surface area contributed by atoms with Crippen LogP contribution in [0, 0.1) is 5.82 Å². The van der Waals surface area contributed by atoms with Gasteiger partial charge in [0.1, 0.15) is 29.7 Å². The Morgan fingerprint density at radius 1 is 1.16 bits per heavy atom. The van der Waals surface area contributed by atoms with Gasteiger partial charge in [-0.3, -0.25) is 14.5 Å². The first-order valence-corrected chi connectivity index (χ1v) is 12.4. The number of hydrogen-bond donors (Lipinski definition) is 1. The summed E-state index contributed by atoms with van der Waals surface area (Å²) in [4.78, 5) is 29.1. The van der Waals surface area contributed by atoms with Gasteiger partial charge in [-0.25, -0.2) is 9.07 Å². The Morgan fingerprint density at radius 2 is 2.00 bits per heavy atom. The molecule has 38 heavy (non-hydrogen) atoms. The van der Waals surface area contributed by atoms with E-state index in [2.05, 4.69) is 15.6 Å². The predicted molar refractivity (Wildman–Crippen MR) is 139 cm³/mol. The minimum atomic E-state index is -1.12. The molecule has 0 saturated carbocycles. The molecule has 1 aliphatic rings. The molecule has 1 saturated heterocycles. The third-order valence-electron chi connectivity index (χ3n) is 6.50. The van der Waals surface area contributed by atoms with Gasteiger partial charge in [-0.1, -0.05) is 35.5 Å². The SMILES string of the molecule is COc1cccc([C@H](C(=O)NC[C@H]2CCCO2)N(C(=O)Cn2nnc3ccccc32)c2cccc(F)c2)c1. The largest absolute Gasteiger partial charge is 0.497 e. The van der Waals surface area contributed by atoms with Crippen molar-refractivity contribution in [2.24, 2.45) is 0 Å². The molecule has 9 nitrogen and oxygen atoms in total. The monoisotopic (exact) mass is 517 g/mol. The highest BCUT2D eigenvalue weighted by molar-refractivity contribution is 6.01. The van der Waals surface area contributed by atoms with E-state index in [1.807, 2.05) is 18.2 Å². The number of methoxy groups -OCH3 is 1. The Labute approximate surface area is 219 Å². The lowest BCUT2D eigenvalue weighted by molar-refractivity contribution is -0.127. The Kier molecular flexibility index (Phi) is 7.60. The van der Waals surface area contributed by atoms with Crippen molar-refractivity contribution in [2.75, 3.05) is 25.2 Å². The summed E-state index contributed by atoms with van der Waals surface area (Å²) in [5.41, 5.74) is 2.05. The van der Waals surface area contributed by atoms with Crippen LogP contribution in [0.2, 0.25) is 0 Å². The normalized spacial score (nSPS) is 15.8. The summed E-state index contributed by atoms with van der Waals surface area (Å²) < 4.78 is 26.9. The van der Waals surface area contributed by atoms with Gasteiger partial charge in [0.25, 0.3) is 0 Å². The maximum atomic E-state index is 14.4. The van der Waals surface area contributed by atoms with Crippen LogP contribution in [0.25, 0.3) is 11.0 Å². The Bertz CT molecular complexity index is 1440. The number of fused-ring (bicyclic) bond motifs is 1. The molecule has 0 bridgehead atoms. The first kappa shape index (κ1) is 25.3. The lowest BCUT2D eigenvalue weighted by Gasteiger charge is -2.32. The Balaban J connectivity index is 1.55. The molecule has 10 heteroatoms. The molecule has 1 aromatic heterocycles. The molecule has 196 valence electrons. The molecule has 0 spiro atoms. The summed E-state index contributed by atoms with van der Waals surface area (Å²) in [7, 11) is 1.52. The van der Waals surface area contributed by atoms with Gasteiger partial charge in [-0.05, 0) is 60.9 Å². The number of anilines is 1. The van der Waals surface area contributed by atoms with Crippen LogP contribution in [0.15, 0.2) is 72.8 Å². The molecule has 1 aliphatic heterocycles. The molecular formula is C28H28FN5O4. The minimum absolute atomic E-state index is 0.0928. The average Bonchev–Trinajstić information content (AvgIpc) is 3.60. The minimum Gasteiger partial charge on any atom is -0.497 e. The highest BCUT2D eigenvalue weighted by atomic mass is 19.1. The third kappa shape index (κ3) is 5.50. The van der Waals surface area contributed by atoms with Crippen molar-refractivity contribution in [3.05, 3.63) is 84.2 Å². The molecule has 3 aromatic carbocycles. The standard InChI is InChI=1S/C28H28FN5O4/c1-37-22-10-4-7-19(15-22)27(28(36)30-17-23-11-6-14-38-23)34(21-9-5-8-20(29)16-21)26(35)18-33-25-13-3-2-12-24(25)31-32-33/h2-5,7-10,12-13,15-16,23,27H,6,11,14,17-18H2,1H3,(H,30,36)/t23-,27-/m1/s1. The number of nitrogens with zero attached hydrogens (tertiary/aromatic N) is 4. The molecule has 5 rings (SSSR count). The predicted octanol–water partition coefficient (Wildman–Crippen LogP) is 3.65. The number of carbonyl (C=O) groups is 2. The fourth-order valence-electron chi connectivity index (χ4n) is 4.65. The number of benzene rings is 3. The number of aromatic nitrogens is 3. The molecule has 0 unspecified atom stereocenters. The summed E-state index contributed by atoms with van der Waals surface area (Å²) in [6, 6.07) is 18.7. The lowest BCUT2D eigenvalue weighted by Crippen LogP contribution is -2.46. The van der Waals surface area contributed by atoms with Crippen LogP contribution in [0.3, 0.4) is 0 Å². The maximum absolute atomic E-state index is 14.4. The highest BCUT2D eigenvalue weighted by Gasteiger charge is 2.34. The summed E-state index contributed by atoms with van der Waals surface area (Å²) in [5.74, 6) is -0.898. The van der Waals surface area contributed by atoms with Gasteiger partial charge in [-0.15, -0.1) is 5.10 Å². The fourth-order valence-corrected chi connectivity index (χ4v) is 4.65. The molecule has 0 aliphatic carbocycles. The quantitative estimate of drug-likeness (QED) is 0.364. The smallest absolute Gasteiger partial charge is 0.249 e. The maximum Gasteiger partial charge on any atom is 0.249 e. The van der Waals surface area contributed by atoms with Gasteiger partial charge >= 0.3 is 0 Å². The Hall–Kier alpha value is -4.31. The number of hydrogen-bond acceptors (Lipinski definition) is 6. The second-order valence-corrected chi connectivity index (χ2v) is 9.04. The number of halogens is 1. The molecular weight excluding hydrogens is 489 g/mol. The zero-order chi connectivity index (χ0) is 26.5. The van der Waals surface area contributed by atoms with Gasteiger partial charge in [0.05, 0.1) is 18.7 Å². The van der Waals surface area contributed by atoms with E-state index >= 15 is 0 Å². The van der Waals surface area contributed by atoms with Gasteiger partial charge < -0.3 is 14.8 Å². The number of para-hydroxylation sites is 1. The van der Waals surface area contributed by atoms with Crippen LogP contribution in [0.4, 0.5) is 10.1 Å². The van der Waals surface area contributed by atoms with Crippen molar-refractivity contribution in [2.45, 2.75) is 31.5 Å². The molecule has 2 atom stereocenters. The molecule has 2 heterocycles. The van der Waals surface area contributed by atoms with Crippen LogP contribution < -0.4 is 15.0 Å². The Morgan fingerprint density at radius 3 is 2.79 bits per heavy atom. The van der Waals surface area contributed by atoms with Gasteiger partial charge in [0.15, 0.2) is 0 Å². The zero-order valence-corrected chi connectivity index (χ0v) is 20.9. The van der Waals surface area contributed by atoms with E-state index in [-0.39, 0.29) is 18.3 Å². The first-order valence-electron chi connectivity index (χ1n) is 12.4. The third-order valence-corrected chi connectivity index (χ3v) is 6.50. The number of carbonyl (C=O) groups excluding carboxylic acids is 2. The zero-order valence-electron chi connectivity index (χ0n) is 20.9. The number of nitrogens with one attached hydrogen (secondary N) is 1. The highest BCUT2D eigenvalue weighted by Crippen LogP contribution is 2.31. The van der Waals surface area contributed by atoms with E-state index in [1.54, 1.807) is 36.4 Å². The van der Waals surface area contributed by atoms with E-state index in [0.717, 1.165) is 12.8 Å². The van der Waals surface area contributed by atoms with E-state index in [1.165, 1.54) is 34.9 Å². The van der Waals surface area contributed by atoms with E-state index in [4.69, 9.17) is 9.47 Å². The summed E-state index contributed by atoms with van der Waals surface area (Å²) in [6.45, 7) is 0.744. The number of amides is 2. The van der Waals surface area contributed by atoms with Gasteiger partial charge in [0.2, 0.25) is 11.8 Å². The van der Waals surface area contributed by atoms with Crippen molar-refractivity contribution < 1.29 is 23.5 Å². The first-order chi connectivity index (χ1) is 18.5. The lowest BCUT2D eigenvalue weighted by atomic mass is 10.0. The molecule has 1 N–H and O–H groups in total. The molecule has 0 radical (unpaired) electrons. The van der Waals surface area contributed by atoms with E-state index in [9.17, 15) is 14.0 Å². The van der Waals surface area contributed by atoms with E-state index < -0.39 is 23.7 Å². The number of rotatable bonds is 9. The summed E-state index contributed by atoms with van der Waals surface area (Å²) in [6.07, 6.45) is 1.68. The summed E-state index contributed by atoms with van der Waals surface area (Å²) in [5, 5.41) is 11.2. The van der Waals surface area contributed by atoms with Crippen molar-refractivity contribution in [1.29, 1.82) is 0 Å². The average molecular weight is 518 g/mol. The topological polar surface area (TPSA) is 98.6 Å². The summed E-state index contributed by atoms with van der Waals surface area (Å²) >= 11 is 0. The van der Waals surface area contributed by atoms with Gasteiger partial charge in [0, 0.05) is 18.8 Å². The second kappa shape index (κ2) is 11.4. The second-order valence-electron chi connectivity index (χ2n) is 9.04. The van der Waals surface area contributed by atoms with E-state index in [0.29, 0.717) is 35.5 Å². The van der Waals surface area contributed by atoms with Crippen molar-refractivity contribution >= 4 is 28.5 Å². The van der Waals surface area contributed by atoms with Crippen LogP contribution in [0.5, 0.6) is 5.75 Å². The van der Waals surface area contributed by atoms with Crippen molar-refractivity contribution in [3.63, 3.8) is 0 Å². The van der Waals surface area contributed by atoms with Crippen LogP contribution in [-0.4, -0.2) is 53.2 Å². The van der Waals surface area contributed by atoms with Crippen molar-refractivity contribution in [3.8, 4) is 5.75 Å². The van der Waals surface area contributed by atoms with Crippen molar-refractivity contribution in [1.82, 2.24) is 20.3 Å².